The maximum absolute atomic E-state index is 12.9. The van der Waals surface area contributed by atoms with Crippen LogP contribution >= 0.6 is 0 Å². The first-order valence-corrected chi connectivity index (χ1v) is 11.2. The molecule has 8 heteroatoms. The molecule has 0 radical (unpaired) electrons. The minimum Gasteiger partial charge on any atom is -0.365 e. The fourth-order valence-corrected chi connectivity index (χ4v) is 4.63. The predicted octanol–water partition coefficient (Wildman–Crippen LogP) is 4.40. The van der Waals surface area contributed by atoms with Gasteiger partial charge in [0.25, 0.3) is 11.6 Å². The average molecular weight is 453 g/mol. The van der Waals surface area contributed by atoms with E-state index < -0.39 is 10.8 Å². The van der Waals surface area contributed by atoms with Crippen molar-refractivity contribution in [2.24, 2.45) is 11.8 Å². The highest BCUT2D eigenvalue weighted by Gasteiger charge is 2.28. The van der Waals surface area contributed by atoms with Gasteiger partial charge in [-0.05, 0) is 55.4 Å². The van der Waals surface area contributed by atoms with Crippen LogP contribution in [0, 0.1) is 35.8 Å². The zero-order chi connectivity index (χ0) is 24.3. The second-order valence-electron chi connectivity index (χ2n) is 9.29. The number of aryl methyl sites for hydroxylation is 2. The van der Waals surface area contributed by atoms with Gasteiger partial charge in [-0.25, -0.2) is 0 Å². The number of nitro benzene ring substituents is 1. The average Bonchev–Trinajstić information content (AvgIpc) is 2.74. The fraction of sp³-hybridized carbons (Fsp3) is 0.440. The molecule has 1 heterocycles. The molecule has 8 nitrogen and oxygen atoms in total. The van der Waals surface area contributed by atoms with Crippen molar-refractivity contribution < 1.29 is 14.5 Å². The molecule has 0 bridgehead atoms. The van der Waals surface area contributed by atoms with E-state index >= 15 is 0 Å². The molecule has 1 fully saturated rings. The second-order valence-corrected chi connectivity index (χ2v) is 9.29. The van der Waals surface area contributed by atoms with Gasteiger partial charge < -0.3 is 15.1 Å². The third kappa shape index (κ3) is 5.69. The third-order valence-electron chi connectivity index (χ3n) is 6.10. The van der Waals surface area contributed by atoms with Crippen LogP contribution < -0.4 is 10.2 Å². The highest BCUT2D eigenvalue weighted by Crippen LogP contribution is 2.34. The van der Waals surface area contributed by atoms with E-state index in [2.05, 4.69) is 19.2 Å². The summed E-state index contributed by atoms with van der Waals surface area (Å²) >= 11 is 0. The lowest BCUT2D eigenvalue weighted by atomic mass is 9.91. The van der Waals surface area contributed by atoms with E-state index in [1.54, 1.807) is 12.1 Å². The number of piperidine rings is 1. The molecular weight excluding hydrogens is 420 g/mol. The summed E-state index contributed by atoms with van der Waals surface area (Å²) in [6.45, 7) is 9.43. The van der Waals surface area contributed by atoms with Crippen LogP contribution in [0.15, 0.2) is 36.4 Å². The van der Waals surface area contributed by atoms with Gasteiger partial charge in [-0.1, -0.05) is 32.0 Å². The predicted molar refractivity (Wildman–Crippen MR) is 130 cm³/mol. The molecule has 1 aliphatic heterocycles. The van der Waals surface area contributed by atoms with E-state index in [1.807, 2.05) is 36.9 Å². The Labute approximate surface area is 194 Å². The Balaban J connectivity index is 1.75. The zero-order valence-corrected chi connectivity index (χ0v) is 19.9. The van der Waals surface area contributed by atoms with Gasteiger partial charge in [-0.3, -0.25) is 19.7 Å². The van der Waals surface area contributed by atoms with Crippen molar-refractivity contribution in [2.75, 3.05) is 36.9 Å². The maximum atomic E-state index is 12.9. The van der Waals surface area contributed by atoms with Crippen LogP contribution in [0.1, 0.15) is 41.8 Å². The van der Waals surface area contributed by atoms with Crippen LogP contribution in [-0.4, -0.2) is 48.3 Å². The van der Waals surface area contributed by atoms with Gasteiger partial charge in [-0.15, -0.1) is 0 Å². The Morgan fingerprint density at radius 2 is 1.73 bits per heavy atom. The van der Waals surface area contributed by atoms with Crippen LogP contribution in [0.4, 0.5) is 17.1 Å². The molecule has 2 aromatic rings. The lowest BCUT2D eigenvalue weighted by Crippen LogP contribution is -2.39. The molecule has 0 aliphatic carbocycles. The van der Waals surface area contributed by atoms with Crippen LogP contribution in [0.25, 0.3) is 0 Å². The molecule has 1 saturated heterocycles. The number of amides is 2. The quantitative estimate of drug-likeness (QED) is 0.518. The summed E-state index contributed by atoms with van der Waals surface area (Å²) in [5.74, 6) is 0.111. The highest BCUT2D eigenvalue weighted by molar-refractivity contribution is 6.00. The Morgan fingerprint density at radius 3 is 2.30 bits per heavy atom. The number of hydrogen-bond acceptors (Lipinski definition) is 5. The Hall–Kier alpha value is -3.42. The summed E-state index contributed by atoms with van der Waals surface area (Å²) < 4.78 is 0. The van der Waals surface area contributed by atoms with Gasteiger partial charge in [0.15, 0.2) is 0 Å². The van der Waals surface area contributed by atoms with Crippen LogP contribution in [0.5, 0.6) is 0 Å². The van der Waals surface area contributed by atoms with E-state index in [0.717, 1.165) is 36.3 Å². The Kier molecular flexibility index (Phi) is 7.36. The van der Waals surface area contributed by atoms with Crippen molar-refractivity contribution in [2.45, 2.75) is 34.1 Å². The van der Waals surface area contributed by atoms with Crippen molar-refractivity contribution in [1.29, 1.82) is 0 Å². The summed E-state index contributed by atoms with van der Waals surface area (Å²) in [5.41, 5.74) is 3.23. The van der Waals surface area contributed by atoms with E-state index in [1.165, 1.54) is 18.0 Å². The Morgan fingerprint density at radius 1 is 1.12 bits per heavy atom. The smallest absolute Gasteiger partial charge is 0.293 e. The summed E-state index contributed by atoms with van der Waals surface area (Å²) in [7, 11) is 1.51. The maximum Gasteiger partial charge on any atom is 0.293 e. The number of rotatable bonds is 6. The number of benzene rings is 2. The summed E-state index contributed by atoms with van der Waals surface area (Å²) in [6, 6.07) is 10.3. The van der Waals surface area contributed by atoms with Gasteiger partial charge in [-0.2, -0.15) is 0 Å². The SMILES string of the molecule is Cc1cccc(C)c1NC(=O)CN(C)C(=O)c1ccc(N2CC(C)CC(C)C2)c([N+](=O)[O-])c1. The van der Waals surface area contributed by atoms with E-state index in [-0.39, 0.29) is 23.7 Å². The van der Waals surface area contributed by atoms with Crippen molar-refractivity contribution in [1.82, 2.24) is 4.90 Å². The monoisotopic (exact) mass is 452 g/mol. The molecule has 176 valence electrons. The van der Waals surface area contributed by atoms with Crippen molar-refractivity contribution in [3.05, 3.63) is 63.2 Å². The standard InChI is InChI=1S/C25H32N4O4/c1-16-11-17(2)14-28(13-16)21-10-9-20(12-22(21)29(32)33)25(31)27(5)15-23(30)26-24-18(3)7-6-8-19(24)4/h6-10,12,16-17H,11,13-15H2,1-5H3,(H,26,30). The van der Waals surface area contributed by atoms with Crippen LogP contribution in [-0.2, 0) is 4.79 Å². The number of likely N-dealkylation sites (N-methyl/N-ethyl adjacent to an activating group) is 1. The van der Waals surface area contributed by atoms with Crippen molar-refractivity contribution in [3.63, 3.8) is 0 Å². The van der Waals surface area contributed by atoms with E-state index in [0.29, 0.717) is 17.5 Å². The van der Waals surface area contributed by atoms with Gasteiger partial charge >= 0.3 is 0 Å². The number of nitrogens with one attached hydrogen (secondary N) is 1. The summed E-state index contributed by atoms with van der Waals surface area (Å²) in [6.07, 6.45) is 1.09. The van der Waals surface area contributed by atoms with Gasteiger partial charge in [0.1, 0.15) is 5.69 Å². The number of nitrogens with zero attached hydrogens (tertiary/aromatic N) is 3. The zero-order valence-electron chi connectivity index (χ0n) is 19.9. The molecule has 3 rings (SSSR count). The van der Waals surface area contributed by atoms with Crippen LogP contribution in [0.3, 0.4) is 0 Å². The number of para-hydroxylation sites is 1. The van der Waals surface area contributed by atoms with Gasteiger partial charge in [0.2, 0.25) is 5.91 Å². The van der Waals surface area contributed by atoms with Crippen LogP contribution in [0.2, 0.25) is 0 Å². The minimum atomic E-state index is -0.443. The van der Waals surface area contributed by atoms with E-state index in [4.69, 9.17) is 0 Å². The fourth-order valence-electron chi connectivity index (χ4n) is 4.63. The van der Waals surface area contributed by atoms with Crippen molar-refractivity contribution in [3.8, 4) is 0 Å². The molecule has 0 spiro atoms. The molecule has 1 aliphatic rings. The molecule has 33 heavy (non-hydrogen) atoms. The van der Waals surface area contributed by atoms with Gasteiger partial charge in [0, 0.05) is 37.5 Å². The second kappa shape index (κ2) is 10.0. The molecule has 0 aromatic heterocycles. The molecule has 1 N–H and O–H groups in total. The lowest BCUT2D eigenvalue weighted by Gasteiger charge is -2.36. The summed E-state index contributed by atoms with van der Waals surface area (Å²) in [4.78, 5) is 40.2. The first-order chi connectivity index (χ1) is 15.6. The number of anilines is 2. The molecule has 2 atom stereocenters. The first kappa shape index (κ1) is 24.2. The number of carbonyl (C=O) groups excluding carboxylic acids is 2. The Bertz CT molecular complexity index is 1040. The summed E-state index contributed by atoms with van der Waals surface area (Å²) in [5, 5.41) is 14.7. The first-order valence-electron chi connectivity index (χ1n) is 11.2. The number of carbonyl (C=O) groups is 2. The highest BCUT2D eigenvalue weighted by atomic mass is 16.6. The normalized spacial score (nSPS) is 18.0. The number of hydrogen-bond donors (Lipinski definition) is 1. The molecule has 0 saturated carbocycles. The molecule has 2 aromatic carbocycles. The lowest BCUT2D eigenvalue weighted by molar-refractivity contribution is -0.384. The van der Waals surface area contributed by atoms with E-state index in [9.17, 15) is 19.7 Å². The topological polar surface area (TPSA) is 95.8 Å². The largest absolute Gasteiger partial charge is 0.365 e. The minimum absolute atomic E-state index is 0.0875. The molecular formula is C25H32N4O4. The van der Waals surface area contributed by atoms with Crippen molar-refractivity contribution >= 4 is 28.9 Å². The molecule has 2 amide bonds. The van der Waals surface area contributed by atoms with Gasteiger partial charge in [0.05, 0.1) is 11.5 Å². The molecule has 2 unspecified atom stereocenters. The number of nitro groups is 1. The third-order valence-corrected chi connectivity index (χ3v) is 6.10.